The normalized spacial score (nSPS) is 33.7. The third-order valence-electron chi connectivity index (χ3n) is 9.30. The lowest BCUT2D eigenvalue weighted by Crippen LogP contribution is -2.69. The van der Waals surface area contributed by atoms with E-state index >= 15 is 0 Å². The van der Waals surface area contributed by atoms with Crippen LogP contribution >= 0.6 is 0 Å². The van der Waals surface area contributed by atoms with Crippen LogP contribution in [0.4, 0.5) is 5.69 Å². The number of benzene rings is 1. The number of carbonyl (C=O) groups excluding carboxylic acids is 2. The summed E-state index contributed by atoms with van der Waals surface area (Å²) in [6, 6.07) is 6.73. The number of nitrogens with one attached hydrogen (secondary N) is 4. The molecule has 2 amide bonds. The standard InChI is InChI=1S/C30H46N8O2/c1-20(39)36-14-7-5-6-8-15-37-28(40)23-17-31-29(34-27(23)38(37)26-11-9-10-25(36)33-26)32-22-12-13-24-21(16-22)18-35(4)19-30(24,2)3/h6,8,12-13,16,23,25-27,29,31-34H,5,7,9-11,14-15,17-19H2,1-4H3/b8-6-. The molecule has 6 rings (SSSR count). The molecule has 0 aliphatic carbocycles. The molecule has 1 aromatic carbocycles. The molecular weight excluding hydrogens is 504 g/mol. The first-order chi connectivity index (χ1) is 19.2. The Morgan fingerprint density at radius 3 is 2.75 bits per heavy atom. The zero-order chi connectivity index (χ0) is 28.0. The van der Waals surface area contributed by atoms with E-state index in [0.717, 1.165) is 57.4 Å². The minimum Gasteiger partial charge on any atom is -0.358 e. The van der Waals surface area contributed by atoms with Gasteiger partial charge in [0.1, 0.15) is 6.29 Å². The van der Waals surface area contributed by atoms with Gasteiger partial charge in [0.25, 0.3) is 0 Å². The van der Waals surface area contributed by atoms with Crippen molar-refractivity contribution in [1.29, 1.82) is 0 Å². The molecule has 218 valence electrons. The number of hydrogen-bond acceptors (Lipinski definition) is 8. The second kappa shape index (κ2) is 11.1. The number of hydrogen-bond donors (Lipinski definition) is 4. The third-order valence-corrected chi connectivity index (χ3v) is 9.30. The average Bonchev–Trinajstić information content (AvgIpc) is 3.17. The highest BCUT2D eigenvalue weighted by Gasteiger charge is 2.52. The Labute approximate surface area is 238 Å². The van der Waals surface area contributed by atoms with Crippen LogP contribution in [0.1, 0.15) is 64.0 Å². The highest BCUT2D eigenvalue weighted by molar-refractivity contribution is 5.82. The van der Waals surface area contributed by atoms with Crippen LogP contribution in [0, 0.1) is 5.92 Å². The molecule has 5 unspecified atom stereocenters. The topological polar surface area (TPSA) is 95.2 Å². The lowest BCUT2D eigenvalue weighted by molar-refractivity contribution is -0.148. The smallest absolute Gasteiger partial charge is 0.244 e. The van der Waals surface area contributed by atoms with Gasteiger partial charge in [0.05, 0.1) is 31.0 Å². The monoisotopic (exact) mass is 550 g/mol. The molecule has 3 saturated heterocycles. The van der Waals surface area contributed by atoms with Gasteiger partial charge in [0.2, 0.25) is 11.8 Å². The summed E-state index contributed by atoms with van der Waals surface area (Å²) in [5.74, 6) is 0.0764. The molecule has 5 heterocycles. The maximum Gasteiger partial charge on any atom is 0.244 e. The highest BCUT2D eigenvalue weighted by atomic mass is 16.2. The van der Waals surface area contributed by atoms with Gasteiger partial charge in [-0.1, -0.05) is 32.1 Å². The van der Waals surface area contributed by atoms with Crippen molar-refractivity contribution in [2.24, 2.45) is 5.92 Å². The Morgan fingerprint density at radius 1 is 1.10 bits per heavy atom. The number of nitrogens with zero attached hydrogens (tertiary/aromatic N) is 4. The first-order valence-electron chi connectivity index (χ1n) is 15.1. The Morgan fingerprint density at radius 2 is 1.93 bits per heavy atom. The van der Waals surface area contributed by atoms with Crippen LogP contribution in [0.15, 0.2) is 30.4 Å². The highest BCUT2D eigenvalue weighted by Crippen LogP contribution is 2.35. The zero-order valence-electron chi connectivity index (χ0n) is 24.4. The summed E-state index contributed by atoms with van der Waals surface area (Å²) >= 11 is 0. The van der Waals surface area contributed by atoms with Crippen LogP contribution in [0.2, 0.25) is 0 Å². The lowest BCUT2D eigenvalue weighted by atomic mass is 9.78. The minimum absolute atomic E-state index is 0.0100. The van der Waals surface area contributed by atoms with Crippen LogP contribution in [-0.2, 0) is 21.5 Å². The summed E-state index contributed by atoms with van der Waals surface area (Å²) in [5, 5.41) is 18.9. The molecule has 10 nitrogen and oxygen atoms in total. The van der Waals surface area contributed by atoms with Crippen molar-refractivity contribution in [3.63, 3.8) is 0 Å². The van der Waals surface area contributed by atoms with Crippen LogP contribution in [0.25, 0.3) is 0 Å². The molecule has 2 bridgehead atoms. The average molecular weight is 551 g/mol. The molecule has 1 aromatic rings. The van der Waals surface area contributed by atoms with Gasteiger partial charge in [-0.25, -0.2) is 0 Å². The molecule has 0 spiro atoms. The second-order valence-electron chi connectivity index (χ2n) is 12.9. The Hall–Kier alpha value is -2.50. The molecule has 0 saturated carbocycles. The van der Waals surface area contributed by atoms with E-state index < -0.39 is 0 Å². The van der Waals surface area contributed by atoms with E-state index in [0.29, 0.717) is 13.1 Å². The van der Waals surface area contributed by atoms with Crippen LogP contribution in [0.5, 0.6) is 0 Å². The molecule has 10 heteroatoms. The van der Waals surface area contributed by atoms with Crippen LogP contribution < -0.4 is 21.3 Å². The number of amides is 2. The largest absolute Gasteiger partial charge is 0.358 e. The molecule has 5 aliphatic rings. The summed E-state index contributed by atoms with van der Waals surface area (Å²) in [4.78, 5) is 30.6. The van der Waals surface area contributed by atoms with Gasteiger partial charge in [0.15, 0.2) is 0 Å². The van der Waals surface area contributed by atoms with Crippen molar-refractivity contribution < 1.29 is 9.59 Å². The van der Waals surface area contributed by atoms with Gasteiger partial charge in [-0.05, 0) is 62.4 Å². The number of piperidine rings is 1. The van der Waals surface area contributed by atoms with Gasteiger partial charge in [-0.2, -0.15) is 5.01 Å². The first kappa shape index (κ1) is 27.7. The molecule has 3 fully saturated rings. The maximum absolute atomic E-state index is 13.7. The minimum atomic E-state index is -0.180. The number of hydrazine groups is 1. The van der Waals surface area contributed by atoms with Crippen molar-refractivity contribution in [3.05, 3.63) is 41.5 Å². The summed E-state index contributed by atoms with van der Waals surface area (Å²) in [6.45, 7) is 10.2. The molecule has 5 aliphatic heterocycles. The molecule has 4 N–H and O–H groups in total. The van der Waals surface area contributed by atoms with E-state index in [4.69, 9.17) is 0 Å². The summed E-state index contributed by atoms with van der Waals surface area (Å²) < 4.78 is 0. The van der Waals surface area contributed by atoms with Gasteiger partial charge in [-0.3, -0.25) is 30.5 Å². The number of rotatable bonds is 2. The van der Waals surface area contributed by atoms with E-state index in [1.165, 1.54) is 11.1 Å². The summed E-state index contributed by atoms with van der Waals surface area (Å²) in [7, 11) is 2.18. The second-order valence-corrected chi connectivity index (χ2v) is 12.9. The zero-order valence-corrected chi connectivity index (χ0v) is 24.4. The molecule has 0 radical (unpaired) electrons. The Balaban J connectivity index is 1.23. The number of allylic oxidation sites excluding steroid dienone is 1. The van der Waals surface area contributed by atoms with Crippen LogP contribution in [-0.4, -0.2) is 89.6 Å². The lowest BCUT2D eigenvalue weighted by Gasteiger charge is -2.46. The molecule has 40 heavy (non-hydrogen) atoms. The fourth-order valence-corrected chi connectivity index (χ4v) is 7.58. The van der Waals surface area contributed by atoms with Gasteiger partial charge < -0.3 is 15.1 Å². The van der Waals surface area contributed by atoms with Crippen molar-refractivity contribution >= 4 is 17.5 Å². The number of likely N-dealkylation sites (N-methyl/N-ethyl adjacent to an activating group) is 1. The van der Waals surface area contributed by atoms with Crippen molar-refractivity contribution in [3.8, 4) is 0 Å². The van der Waals surface area contributed by atoms with E-state index in [1.807, 2.05) is 9.91 Å². The molecular formula is C30H46N8O2. The fraction of sp³-hybridized carbons (Fsp3) is 0.667. The van der Waals surface area contributed by atoms with E-state index in [2.05, 4.69) is 82.4 Å². The Kier molecular flexibility index (Phi) is 7.65. The van der Waals surface area contributed by atoms with E-state index in [-0.39, 0.29) is 47.9 Å². The maximum atomic E-state index is 13.7. The fourth-order valence-electron chi connectivity index (χ4n) is 7.58. The van der Waals surface area contributed by atoms with Gasteiger partial charge >= 0.3 is 0 Å². The molecule has 0 aromatic heterocycles. The quantitative estimate of drug-likeness (QED) is 0.415. The van der Waals surface area contributed by atoms with E-state index in [1.54, 1.807) is 6.92 Å². The number of anilines is 1. The van der Waals surface area contributed by atoms with Gasteiger partial charge in [-0.15, -0.1) is 0 Å². The summed E-state index contributed by atoms with van der Waals surface area (Å²) in [5.41, 5.74) is 3.98. The van der Waals surface area contributed by atoms with E-state index in [9.17, 15) is 9.59 Å². The number of fused-ring (bicyclic) bond motifs is 7. The van der Waals surface area contributed by atoms with Crippen molar-refractivity contribution in [2.75, 3.05) is 38.5 Å². The Bertz CT molecular complexity index is 1150. The van der Waals surface area contributed by atoms with Crippen molar-refractivity contribution in [2.45, 2.75) is 89.6 Å². The third kappa shape index (κ3) is 5.27. The SMILES string of the molecule is CC(=O)N1CCC/C=C\CN2C(=O)C3CNC(Nc4ccc5c(c4)CN(C)CC5(C)C)NC3N2C2CCCC1N2. The summed E-state index contributed by atoms with van der Waals surface area (Å²) in [6.07, 6.45) is 8.61. The predicted octanol–water partition coefficient (Wildman–Crippen LogP) is 1.92. The number of carbonyl (C=O) groups is 2. The van der Waals surface area contributed by atoms with Crippen molar-refractivity contribution in [1.82, 2.24) is 35.8 Å². The van der Waals surface area contributed by atoms with Crippen LogP contribution in [0.3, 0.4) is 0 Å². The van der Waals surface area contributed by atoms with Gasteiger partial charge in [0, 0.05) is 44.2 Å². The molecule has 5 atom stereocenters. The first-order valence-corrected chi connectivity index (χ1v) is 15.1. The predicted molar refractivity (Wildman–Crippen MR) is 156 cm³/mol.